The van der Waals surface area contributed by atoms with E-state index >= 15 is 0 Å². The summed E-state index contributed by atoms with van der Waals surface area (Å²) in [6.07, 6.45) is 9.23. The predicted octanol–water partition coefficient (Wildman–Crippen LogP) is 7.00. The minimum atomic E-state index is -0.166. The van der Waals surface area contributed by atoms with E-state index in [9.17, 15) is 9.59 Å². The van der Waals surface area contributed by atoms with E-state index in [1.165, 1.54) is 24.8 Å². The fourth-order valence-corrected chi connectivity index (χ4v) is 6.59. The zero-order valence-electron chi connectivity index (χ0n) is 27.2. The largest absolute Gasteiger partial charge is 0.337 e. The molecule has 5 aromatic rings. The second kappa shape index (κ2) is 12.6. The standard InChI is InChI=1S/C38H41N7O2/c1-38(2,3)29-14-10-26(11-15-29)36(46)41-31-8-6-7-28(23-31)33-25-44-20-18-39-35(44)34(42-33)40-30-16-12-27(13-17-30)37(47)45-22-21-43-19-5-4-9-32(43)24-45/h6-8,10-18,20,23,25,32H,4-5,9,19,21-22,24H2,1-3H3,(H,40,42)(H,41,46). The third-order valence-electron chi connectivity index (χ3n) is 9.32. The Labute approximate surface area is 275 Å². The van der Waals surface area contributed by atoms with Crippen LogP contribution >= 0.6 is 0 Å². The molecule has 2 N–H and O–H groups in total. The van der Waals surface area contributed by atoms with Crippen LogP contribution in [0.15, 0.2) is 91.4 Å². The molecule has 2 aromatic heterocycles. The molecule has 9 heteroatoms. The summed E-state index contributed by atoms with van der Waals surface area (Å²) in [6, 6.07) is 23.5. The second-order valence-electron chi connectivity index (χ2n) is 13.6. The number of rotatable bonds is 6. The molecule has 0 aliphatic carbocycles. The van der Waals surface area contributed by atoms with Gasteiger partial charge in [0.05, 0.1) is 5.69 Å². The van der Waals surface area contributed by atoms with Crippen molar-refractivity contribution in [3.8, 4) is 11.3 Å². The maximum absolute atomic E-state index is 13.3. The number of aromatic nitrogens is 3. The Hall–Kier alpha value is -5.02. The van der Waals surface area contributed by atoms with E-state index in [1.54, 1.807) is 6.20 Å². The van der Waals surface area contributed by atoms with Crippen LogP contribution in [0.3, 0.4) is 0 Å². The van der Waals surface area contributed by atoms with Crippen LogP contribution in [0.2, 0.25) is 0 Å². The average Bonchev–Trinajstić information content (AvgIpc) is 3.57. The van der Waals surface area contributed by atoms with Gasteiger partial charge in [0.25, 0.3) is 11.8 Å². The van der Waals surface area contributed by atoms with Gasteiger partial charge in [-0.3, -0.25) is 14.5 Å². The number of carbonyl (C=O) groups is 2. The van der Waals surface area contributed by atoms with E-state index < -0.39 is 0 Å². The monoisotopic (exact) mass is 627 g/mol. The zero-order chi connectivity index (χ0) is 32.5. The maximum Gasteiger partial charge on any atom is 0.255 e. The smallest absolute Gasteiger partial charge is 0.255 e. The van der Waals surface area contributed by atoms with Crippen LogP contribution in [-0.2, 0) is 5.41 Å². The summed E-state index contributed by atoms with van der Waals surface area (Å²) >= 11 is 0. The first-order valence-corrected chi connectivity index (χ1v) is 16.5. The van der Waals surface area contributed by atoms with Gasteiger partial charge < -0.3 is 19.9 Å². The number of piperidine rings is 1. The highest BCUT2D eigenvalue weighted by atomic mass is 16.2. The van der Waals surface area contributed by atoms with Crippen LogP contribution in [0.1, 0.15) is 66.3 Å². The molecule has 1 unspecified atom stereocenters. The van der Waals surface area contributed by atoms with Crippen LogP contribution in [0.4, 0.5) is 17.2 Å². The molecule has 7 rings (SSSR count). The van der Waals surface area contributed by atoms with Crippen LogP contribution in [0.5, 0.6) is 0 Å². The molecule has 1 atom stereocenters. The fraction of sp³-hybridized carbons (Fsp3) is 0.316. The molecule has 0 saturated carbocycles. The first kappa shape index (κ1) is 30.6. The van der Waals surface area contributed by atoms with E-state index in [4.69, 9.17) is 4.98 Å². The molecule has 240 valence electrons. The van der Waals surface area contributed by atoms with Crippen molar-refractivity contribution in [2.24, 2.45) is 0 Å². The highest BCUT2D eigenvalue weighted by Gasteiger charge is 2.31. The second-order valence-corrected chi connectivity index (χ2v) is 13.6. The summed E-state index contributed by atoms with van der Waals surface area (Å²) in [4.78, 5) is 40.4. The van der Waals surface area contributed by atoms with Crippen LogP contribution in [0.25, 0.3) is 16.9 Å². The first-order valence-electron chi connectivity index (χ1n) is 16.5. The van der Waals surface area contributed by atoms with Crippen molar-refractivity contribution in [1.82, 2.24) is 24.2 Å². The number of benzene rings is 3. The topological polar surface area (TPSA) is 94.9 Å². The van der Waals surface area contributed by atoms with Gasteiger partial charge in [0, 0.05) is 72.3 Å². The highest BCUT2D eigenvalue weighted by Crippen LogP contribution is 2.28. The Bertz CT molecular complexity index is 1910. The maximum atomic E-state index is 13.3. The van der Waals surface area contributed by atoms with Crippen molar-refractivity contribution in [3.05, 3.63) is 108 Å². The van der Waals surface area contributed by atoms with E-state index in [0.717, 1.165) is 43.1 Å². The number of carbonyl (C=O) groups excluding carboxylic acids is 2. The van der Waals surface area contributed by atoms with Gasteiger partial charge in [0.1, 0.15) is 0 Å². The molecule has 4 heterocycles. The van der Waals surface area contributed by atoms with Crippen molar-refractivity contribution in [1.29, 1.82) is 0 Å². The number of hydrogen-bond donors (Lipinski definition) is 2. The van der Waals surface area contributed by atoms with Crippen molar-refractivity contribution in [2.45, 2.75) is 51.5 Å². The third-order valence-corrected chi connectivity index (χ3v) is 9.32. The number of nitrogens with one attached hydrogen (secondary N) is 2. The molecule has 9 nitrogen and oxygen atoms in total. The fourth-order valence-electron chi connectivity index (χ4n) is 6.59. The van der Waals surface area contributed by atoms with Crippen molar-refractivity contribution >= 4 is 34.7 Å². The molecule has 2 saturated heterocycles. The number of piperazine rings is 1. The lowest BCUT2D eigenvalue weighted by atomic mass is 9.87. The lowest BCUT2D eigenvalue weighted by Crippen LogP contribution is -2.56. The quantitative estimate of drug-likeness (QED) is 0.211. The van der Waals surface area contributed by atoms with Crippen LogP contribution < -0.4 is 10.6 Å². The molecule has 3 aromatic carbocycles. The Morgan fingerprint density at radius 3 is 2.45 bits per heavy atom. The minimum Gasteiger partial charge on any atom is -0.337 e. The number of hydrogen-bond acceptors (Lipinski definition) is 6. The molecule has 0 bridgehead atoms. The highest BCUT2D eigenvalue weighted by molar-refractivity contribution is 6.04. The lowest BCUT2D eigenvalue weighted by Gasteiger charge is -2.44. The van der Waals surface area contributed by atoms with E-state index in [2.05, 4.69) is 41.3 Å². The third kappa shape index (κ3) is 6.62. The van der Waals surface area contributed by atoms with Gasteiger partial charge in [-0.1, -0.05) is 51.5 Å². The normalized spacial score (nSPS) is 16.9. The number of amides is 2. The van der Waals surface area contributed by atoms with E-state index in [1.807, 2.05) is 94.5 Å². The van der Waals surface area contributed by atoms with E-state index in [0.29, 0.717) is 34.3 Å². The molecule has 0 spiro atoms. The van der Waals surface area contributed by atoms with Gasteiger partial charge in [0.15, 0.2) is 11.5 Å². The SMILES string of the molecule is CC(C)(C)c1ccc(C(=O)Nc2cccc(-c3cn4ccnc4c(Nc4ccc(C(=O)N5CCN6CCCCC6C5)cc4)n3)c2)cc1. The Morgan fingerprint density at radius 1 is 0.872 bits per heavy atom. The zero-order valence-corrected chi connectivity index (χ0v) is 27.2. The summed E-state index contributed by atoms with van der Waals surface area (Å²) < 4.78 is 1.93. The average molecular weight is 628 g/mol. The number of fused-ring (bicyclic) bond motifs is 2. The lowest BCUT2D eigenvalue weighted by molar-refractivity contribution is 0.0372. The molecule has 47 heavy (non-hydrogen) atoms. The summed E-state index contributed by atoms with van der Waals surface area (Å²) in [5, 5.41) is 6.44. The van der Waals surface area contributed by atoms with Crippen molar-refractivity contribution in [3.63, 3.8) is 0 Å². The van der Waals surface area contributed by atoms with Crippen molar-refractivity contribution < 1.29 is 9.59 Å². The molecule has 0 radical (unpaired) electrons. The number of nitrogens with zero attached hydrogens (tertiary/aromatic N) is 5. The van der Waals surface area contributed by atoms with Gasteiger partial charge in [-0.25, -0.2) is 9.97 Å². The predicted molar refractivity (Wildman–Crippen MR) is 186 cm³/mol. The molecule has 2 fully saturated rings. The van der Waals surface area contributed by atoms with Crippen molar-refractivity contribution in [2.75, 3.05) is 36.8 Å². The van der Waals surface area contributed by atoms with E-state index in [-0.39, 0.29) is 17.2 Å². The summed E-state index contributed by atoms with van der Waals surface area (Å²) in [7, 11) is 0. The van der Waals surface area contributed by atoms with Gasteiger partial charge >= 0.3 is 0 Å². The van der Waals surface area contributed by atoms with Gasteiger partial charge in [-0.2, -0.15) is 0 Å². The molecule has 2 aliphatic rings. The minimum absolute atomic E-state index is 0.0212. The van der Waals surface area contributed by atoms with Gasteiger partial charge in [-0.05, 0) is 78.9 Å². The summed E-state index contributed by atoms with van der Waals surface area (Å²) in [6.45, 7) is 10.2. The molecular formula is C38H41N7O2. The van der Waals surface area contributed by atoms with Gasteiger partial charge in [-0.15, -0.1) is 0 Å². The Balaban J connectivity index is 1.07. The molecule has 2 aliphatic heterocycles. The van der Waals surface area contributed by atoms with Crippen LogP contribution in [-0.4, -0.2) is 68.2 Å². The Kier molecular flexibility index (Phi) is 8.24. The van der Waals surface area contributed by atoms with Crippen LogP contribution in [0, 0.1) is 0 Å². The molecule has 2 amide bonds. The number of imidazole rings is 1. The first-order chi connectivity index (χ1) is 22.7. The summed E-state index contributed by atoms with van der Waals surface area (Å²) in [5.41, 5.74) is 6.24. The molecular weight excluding hydrogens is 586 g/mol. The van der Waals surface area contributed by atoms with Gasteiger partial charge in [0.2, 0.25) is 0 Å². The number of anilines is 3. The Morgan fingerprint density at radius 2 is 1.66 bits per heavy atom. The summed E-state index contributed by atoms with van der Waals surface area (Å²) in [5.74, 6) is 0.515.